The van der Waals surface area contributed by atoms with Gasteiger partial charge in [0.2, 0.25) is 5.88 Å². The number of aryl methyl sites for hydroxylation is 1. The first kappa shape index (κ1) is 15.6. The summed E-state index contributed by atoms with van der Waals surface area (Å²) in [5.74, 6) is 0.842. The average molecular weight is 286 g/mol. The van der Waals surface area contributed by atoms with Crippen LogP contribution < -0.4 is 0 Å². The van der Waals surface area contributed by atoms with E-state index < -0.39 is 0 Å². The van der Waals surface area contributed by atoms with Crippen molar-refractivity contribution in [1.29, 1.82) is 0 Å². The van der Waals surface area contributed by atoms with E-state index in [4.69, 9.17) is 0 Å². The Hall–Kier alpha value is -1.77. The summed E-state index contributed by atoms with van der Waals surface area (Å²) in [6.07, 6.45) is 4.01. The van der Waals surface area contributed by atoms with Crippen molar-refractivity contribution in [3.8, 4) is 11.6 Å². The van der Waals surface area contributed by atoms with E-state index in [2.05, 4.69) is 32.8 Å². The number of aromatic hydroxyl groups is 1. The normalized spacial score (nSPS) is 11.3. The van der Waals surface area contributed by atoms with Crippen molar-refractivity contribution in [1.82, 2.24) is 9.78 Å². The van der Waals surface area contributed by atoms with Crippen molar-refractivity contribution in [2.45, 2.75) is 53.4 Å². The highest BCUT2D eigenvalue weighted by molar-refractivity contribution is 5.42. The molecule has 0 saturated carbocycles. The molecule has 0 aliphatic carbocycles. The van der Waals surface area contributed by atoms with Gasteiger partial charge in [0, 0.05) is 5.56 Å². The van der Waals surface area contributed by atoms with Crippen molar-refractivity contribution in [3.63, 3.8) is 0 Å². The third-order valence-electron chi connectivity index (χ3n) is 3.70. The fourth-order valence-electron chi connectivity index (χ4n) is 2.51. The van der Waals surface area contributed by atoms with Gasteiger partial charge in [0.15, 0.2) is 0 Å². The Morgan fingerprint density at radius 3 is 2.43 bits per heavy atom. The Kier molecular flexibility index (Phi) is 5.05. The van der Waals surface area contributed by atoms with Gasteiger partial charge in [0.25, 0.3) is 0 Å². The van der Waals surface area contributed by atoms with Crippen LogP contribution in [0.25, 0.3) is 5.69 Å². The molecule has 0 spiro atoms. The maximum absolute atomic E-state index is 10.6. The van der Waals surface area contributed by atoms with Crippen molar-refractivity contribution >= 4 is 0 Å². The fraction of sp³-hybridized carbons (Fsp3) is 0.500. The Labute approximate surface area is 127 Å². The maximum atomic E-state index is 10.6. The van der Waals surface area contributed by atoms with Crippen LogP contribution in [0.15, 0.2) is 24.3 Å². The molecule has 0 fully saturated rings. The number of hydrogen-bond acceptors (Lipinski definition) is 2. The molecule has 1 heterocycles. The van der Waals surface area contributed by atoms with E-state index in [1.54, 1.807) is 4.68 Å². The summed E-state index contributed by atoms with van der Waals surface area (Å²) in [6, 6.07) is 8.10. The third kappa shape index (κ3) is 3.66. The van der Waals surface area contributed by atoms with Crippen molar-refractivity contribution < 1.29 is 5.11 Å². The number of aromatic nitrogens is 2. The van der Waals surface area contributed by atoms with E-state index in [0.29, 0.717) is 11.8 Å². The van der Waals surface area contributed by atoms with Gasteiger partial charge in [-0.1, -0.05) is 44.9 Å². The molecule has 2 aromatic rings. The zero-order valence-corrected chi connectivity index (χ0v) is 13.6. The average Bonchev–Trinajstić information content (AvgIpc) is 2.73. The minimum atomic E-state index is 0.308. The topological polar surface area (TPSA) is 38.0 Å². The van der Waals surface area contributed by atoms with Gasteiger partial charge in [0.1, 0.15) is 0 Å². The first-order valence-electron chi connectivity index (χ1n) is 7.89. The molecule has 0 unspecified atom stereocenters. The molecule has 1 aromatic heterocycles. The summed E-state index contributed by atoms with van der Waals surface area (Å²) in [6.45, 7) is 8.60. The van der Waals surface area contributed by atoms with Crippen LogP contribution in [0.2, 0.25) is 0 Å². The Balaban J connectivity index is 2.41. The Morgan fingerprint density at radius 1 is 1.19 bits per heavy atom. The molecule has 0 saturated heterocycles. The molecule has 1 N–H and O–H groups in total. The molecule has 0 radical (unpaired) electrons. The van der Waals surface area contributed by atoms with Gasteiger partial charge in [-0.15, -0.1) is 0 Å². The summed E-state index contributed by atoms with van der Waals surface area (Å²) in [5.41, 5.74) is 4.19. The highest BCUT2D eigenvalue weighted by Crippen LogP contribution is 2.28. The molecule has 21 heavy (non-hydrogen) atoms. The Morgan fingerprint density at radius 2 is 1.86 bits per heavy atom. The number of benzene rings is 1. The predicted molar refractivity (Wildman–Crippen MR) is 87.1 cm³/mol. The summed E-state index contributed by atoms with van der Waals surface area (Å²) in [4.78, 5) is 0. The van der Waals surface area contributed by atoms with Crippen molar-refractivity contribution in [2.24, 2.45) is 5.92 Å². The van der Waals surface area contributed by atoms with Crippen LogP contribution in [-0.2, 0) is 12.8 Å². The molecular weight excluding hydrogens is 260 g/mol. The van der Waals surface area contributed by atoms with Crippen LogP contribution in [0, 0.1) is 12.8 Å². The molecule has 114 valence electrons. The molecule has 0 atom stereocenters. The monoisotopic (exact) mass is 286 g/mol. The lowest BCUT2D eigenvalue weighted by Gasteiger charge is -2.04. The van der Waals surface area contributed by atoms with Gasteiger partial charge < -0.3 is 5.11 Å². The van der Waals surface area contributed by atoms with E-state index in [0.717, 1.165) is 42.6 Å². The molecule has 3 nitrogen and oxygen atoms in total. The summed E-state index contributed by atoms with van der Waals surface area (Å²) in [5, 5.41) is 15.2. The van der Waals surface area contributed by atoms with Gasteiger partial charge in [0.05, 0.1) is 11.4 Å². The number of unbranched alkanes of at least 4 members (excludes halogenated alkanes) is 1. The van der Waals surface area contributed by atoms with Crippen LogP contribution in [0.1, 0.15) is 50.4 Å². The molecule has 0 bridgehead atoms. The molecule has 3 heteroatoms. The van der Waals surface area contributed by atoms with Crippen molar-refractivity contribution in [2.75, 3.05) is 0 Å². The predicted octanol–water partition coefficient (Wildman–Crippen LogP) is 4.43. The first-order valence-corrected chi connectivity index (χ1v) is 7.89. The molecule has 0 aliphatic rings. The lowest BCUT2D eigenvalue weighted by molar-refractivity contribution is 0.427. The third-order valence-corrected chi connectivity index (χ3v) is 3.70. The highest BCUT2D eigenvalue weighted by Gasteiger charge is 2.18. The van der Waals surface area contributed by atoms with Crippen LogP contribution in [0.5, 0.6) is 5.88 Å². The lowest BCUT2D eigenvalue weighted by Crippen LogP contribution is -2.00. The Bertz CT molecular complexity index is 582. The minimum Gasteiger partial charge on any atom is -0.493 e. The molecular formula is C18H26N2O. The van der Waals surface area contributed by atoms with Crippen LogP contribution in [0.4, 0.5) is 0 Å². The van der Waals surface area contributed by atoms with E-state index >= 15 is 0 Å². The zero-order valence-electron chi connectivity index (χ0n) is 13.6. The number of nitrogens with zero attached hydrogens (tertiary/aromatic N) is 2. The quantitative estimate of drug-likeness (QED) is 0.853. The summed E-state index contributed by atoms with van der Waals surface area (Å²) >= 11 is 0. The van der Waals surface area contributed by atoms with E-state index in [9.17, 15) is 5.11 Å². The fourth-order valence-corrected chi connectivity index (χ4v) is 2.51. The van der Waals surface area contributed by atoms with Gasteiger partial charge in [-0.25, -0.2) is 4.68 Å². The van der Waals surface area contributed by atoms with Crippen molar-refractivity contribution in [3.05, 3.63) is 41.1 Å². The number of rotatable bonds is 6. The van der Waals surface area contributed by atoms with E-state index in [1.165, 1.54) is 5.56 Å². The second-order valence-electron chi connectivity index (χ2n) is 6.20. The largest absolute Gasteiger partial charge is 0.493 e. The van der Waals surface area contributed by atoms with Gasteiger partial charge in [-0.2, -0.15) is 5.10 Å². The molecule has 0 amide bonds. The van der Waals surface area contributed by atoms with Crippen LogP contribution in [0.3, 0.4) is 0 Å². The summed E-state index contributed by atoms with van der Waals surface area (Å²) in [7, 11) is 0. The SMILES string of the molecule is CCCCc1c(CC(C)C)nn(-c2ccc(C)cc2)c1O. The minimum absolute atomic E-state index is 0.308. The maximum Gasteiger partial charge on any atom is 0.217 e. The van der Waals surface area contributed by atoms with Gasteiger partial charge >= 0.3 is 0 Å². The zero-order chi connectivity index (χ0) is 15.4. The van der Waals surface area contributed by atoms with Crippen LogP contribution in [-0.4, -0.2) is 14.9 Å². The number of hydrogen-bond donors (Lipinski definition) is 1. The van der Waals surface area contributed by atoms with Gasteiger partial charge in [-0.05, 0) is 44.2 Å². The summed E-state index contributed by atoms with van der Waals surface area (Å²) < 4.78 is 1.68. The molecule has 2 rings (SSSR count). The second kappa shape index (κ2) is 6.79. The second-order valence-corrected chi connectivity index (χ2v) is 6.20. The van der Waals surface area contributed by atoms with E-state index in [-0.39, 0.29) is 0 Å². The standard InChI is InChI=1S/C18H26N2O/c1-5-6-7-16-17(12-13(2)3)19-20(18(16)21)15-10-8-14(4)9-11-15/h8-11,13,21H,5-7,12H2,1-4H3. The first-order chi connectivity index (χ1) is 10.0. The molecule has 0 aliphatic heterocycles. The van der Waals surface area contributed by atoms with E-state index in [1.807, 2.05) is 24.3 Å². The lowest BCUT2D eigenvalue weighted by atomic mass is 10.0. The highest BCUT2D eigenvalue weighted by atomic mass is 16.3. The molecule has 1 aromatic carbocycles. The smallest absolute Gasteiger partial charge is 0.217 e. The van der Waals surface area contributed by atoms with Gasteiger partial charge in [-0.3, -0.25) is 0 Å². The van der Waals surface area contributed by atoms with Crippen LogP contribution >= 0.6 is 0 Å².